The number of aromatic amines is 1. The first-order chi connectivity index (χ1) is 10.2. The lowest BCUT2D eigenvalue weighted by Crippen LogP contribution is -2.28. The second-order valence-corrected chi connectivity index (χ2v) is 5.91. The van der Waals surface area contributed by atoms with E-state index < -0.39 is 0 Å². The molecule has 1 aliphatic rings. The number of rotatable bonds is 3. The molecule has 112 valence electrons. The second kappa shape index (κ2) is 6.64. The van der Waals surface area contributed by atoms with Gasteiger partial charge in [0.1, 0.15) is 5.82 Å². The smallest absolute Gasteiger partial charge is 0.244 e. The molecule has 0 atom stereocenters. The summed E-state index contributed by atoms with van der Waals surface area (Å²) in [5, 5.41) is 11.8. The van der Waals surface area contributed by atoms with Crippen molar-refractivity contribution in [3.8, 4) is 0 Å². The van der Waals surface area contributed by atoms with Crippen molar-refractivity contribution < 1.29 is 0 Å². The highest BCUT2D eigenvalue weighted by atomic mass is 35.5. The quantitative estimate of drug-likeness (QED) is 0.910. The molecule has 1 aliphatic heterocycles. The van der Waals surface area contributed by atoms with Gasteiger partial charge in [-0.1, -0.05) is 29.3 Å². The molecule has 0 saturated carbocycles. The van der Waals surface area contributed by atoms with Crippen LogP contribution in [0.15, 0.2) is 18.2 Å². The molecule has 0 amide bonds. The van der Waals surface area contributed by atoms with E-state index in [4.69, 9.17) is 23.2 Å². The zero-order valence-electron chi connectivity index (χ0n) is 11.6. The van der Waals surface area contributed by atoms with Crippen LogP contribution in [0.4, 0.5) is 5.95 Å². The molecule has 0 bridgehead atoms. The number of aromatic nitrogens is 3. The molecule has 1 fully saturated rings. The lowest BCUT2D eigenvalue weighted by Gasteiger charge is -2.16. The fourth-order valence-corrected chi connectivity index (χ4v) is 2.72. The highest BCUT2D eigenvalue weighted by Gasteiger charge is 2.14. The Morgan fingerprint density at radius 2 is 2.05 bits per heavy atom. The minimum Gasteiger partial charge on any atom is -0.338 e. The second-order valence-electron chi connectivity index (χ2n) is 5.10. The summed E-state index contributed by atoms with van der Waals surface area (Å²) in [6.07, 6.45) is 1.77. The van der Waals surface area contributed by atoms with Gasteiger partial charge in [-0.25, -0.2) is 0 Å². The summed E-state index contributed by atoms with van der Waals surface area (Å²) >= 11 is 12.0. The predicted molar refractivity (Wildman–Crippen MR) is 85.4 cm³/mol. The van der Waals surface area contributed by atoms with E-state index in [0.717, 1.165) is 49.9 Å². The zero-order valence-corrected chi connectivity index (χ0v) is 13.1. The van der Waals surface area contributed by atoms with Crippen LogP contribution in [0, 0.1) is 0 Å². The van der Waals surface area contributed by atoms with Crippen molar-refractivity contribution in [1.82, 2.24) is 20.5 Å². The molecular weight excluding hydrogens is 309 g/mol. The van der Waals surface area contributed by atoms with Crippen molar-refractivity contribution in [3.05, 3.63) is 39.6 Å². The molecule has 1 aromatic carbocycles. The van der Waals surface area contributed by atoms with Crippen molar-refractivity contribution in [3.63, 3.8) is 0 Å². The molecule has 2 N–H and O–H groups in total. The van der Waals surface area contributed by atoms with E-state index in [1.807, 2.05) is 12.1 Å². The van der Waals surface area contributed by atoms with E-state index in [2.05, 4.69) is 25.4 Å². The minimum absolute atomic E-state index is 0.562. The van der Waals surface area contributed by atoms with Crippen LogP contribution in [0.2, 0.25) is 10.0 Å². The number of anilines is 1. The maximum atomic E-state index is 6.03. The monoisotopic (exact) mass is 325 g/mol. The summed E-state index contributed by atoms with van der Waals surface area (Å²) in [5.74, 6) is 1.61. The summed E-state index contributed by atoms with van der Waals surface area (Å²) in [6, 6.07) is 5.62. The number of nitrogens with zero attached hydrogens (tertiary/aromatic N) is 3. The molecule has 1 saturated heterocycles. The van der Waals surface area contributed by atoms with Gasteiger partial charge in [-0.05, 0) is 30.7 Å². The first kappa shape index (κ1) is 14.6. The Morgan fingerprint density at radius 3 is 2.90 bits per heavy atom. The molecule has 2 aromatic rings. The van der Waals surface area contributed by atoms with Crippen LogP contribution < -0.4 is 10.2 Å². The molecular formula is C14H17Cl2N5. The third-order valence-electron chi connectivity index (χ3n) is 3.50. The molecule has 1 aromatic heterocycles. The van der Waals surface area contributed by atoms with Gasteiger partial charge < -0.3 is 10.2 Å². The van der Waals surface area contributed by atoms with Crippen LogP contribution in [0.1, 0.15) is 17.8 Å². The number of benzene rings is 1. The van der Waals surface area contributed by atoms with Crippen LogP contribution in [0.25, 0.3) is 0 Å². The third kappa shape index (κ3) is 3.67. The summed E-state index contributed by atoms with van der Waals surface area (Å²) < 4.78 is 0. The van der Waals surface area contributed by atoms with Gasteiger partial charge in [-0.3, -0.25) is 5.10 Å². The van der Waals surface area contributed by atoms with Crippen LogP contribution in [-0.2, 0) is 6.42 Å². The molecule has 21 heavy (non-hydrogen) atoms. The summed E-state index contributed by atoms with van der Waals surface area (Å²) in [4.78, 5) is 6.78. The Morgan fingerprint density at radius 1 is 1.14 bits per heavy atom. The van der Waals surface area contributed by atoms with Gasteiger partial charge in [0.05, 0.1) is 10.0 Å². The van der Waals surface area contributed by atoms with Crippen molar-refractivity contribution >= 4 is 29.2 Å². The lowest BCUT2D eigenvalue weighted by molar-refractivity contribution is 0.724. The Balaban J connectivity index is 1.70. The Labute approximate surface area is 133 Å². The van der Waals surface area contributed by atoms with Crippen molar-refractivity contribution in [2.75, 3.05) is 31.1 Å². The zero-order chi connectivity index (χ0) is 14.7. The highest BCUT2D eigenvalue weighted by molar-refractivity contribution is 6.42. The van der Waals surface area contributed by atoms with Crippen molar-refractivity contribution in [1.29, 1.82) is 0 Å². The SMILES string of the molecule is Clc1ccc(Cc2nc(N3CCCNCC3)n[nH]2)cc1Cl. The van der Waals surface area contributed by atoms with E-state index in [0.29, 0.717) is 16.5 Å². The highest BCUT2D eigenvalue weighted by Crippen LogP contribution is 2.23. The molecule has 0 unspecified atom stereocenters. The average molecular weight is 326 g/mol. The predicted octanol–water partition coefficient (Wildman–Crippen LogP) is 2.50. The first-order valence-electron chi connectivity index (χ1n) is 7.03. The van der Waals surface area contributed by atoms with Gasteiger partial charge in [-0.15, -0.1) is 5.10 Å². The molecule has 5 nitrogen and oxygen atoms in total. The molecule has 3 rings (SSSR count). The Bertz CT molecular complexity index is 605. The van der Waals surface area contributed by atoms with Crippen LogP contribution >= 0.6 is 23.2 Å². The first-order valence-corrected chi connectivity index (χ1v) is 7.79. The molecule has 7 heteroatoms. The molecule has 0 aliphatic carbocycles. The third-order valence-corrected chi connectivity index (χ3v) is 4.24. The van der Waals surface area contributed by atoms with Gasteiger partial charge in [-0.2, -0.15) is 4.98 Å². The van der Waals surface area contributed by atoms with Crippen LogP contribution in [-0.4, -0.2) is 41.4 Å². The van der Waals surface area contributed by atoms with E-state index >= 15 is 0 Å². The lowest BCUT2D eigenvalue weighted by atomic mass is 10.1. The van der Waals surface area contributed by atoms with E-state index in [-0.39, 0.29) is 0 Å². The fourth-order valence-electron chi connectivity index (χ4n) is 2.39. The maximum Gasteiger partial charge on any atom is 0.244 e. The number of nitrogens with one attached hydrogen (secondary N) is 2. The minimum atomic E-state index is 0.562. The molecule has 0 radical (unpaired) electrons. The average Bonchev–Trinajstić information content (AvgIpc) is 2.76. The van der Waals surface area contributed by atoms with Gasteiger partial charge >= 0.3 is 0 Å². The van der Waals surface area contributed by atoms with Gasteiger partial charge in [0.2, 0.25) is 5.95 Å². The van der Waals surface area contributed by atoms with E-state index in [1.165, 1.54) is 0 Å². The van der Waals surface area contributed by atoms with Gasteiger partial charge in [0, 0.05) is 26.1 Å². The van der Waals surface area contributed by atoms with Crippen LogP contribution in [0.5, 0.6) is 0 Å². The summed E-state index contributed by atoms with van der Waals surface area (Å²) in [5.41, 5.74) is 1.06. The summed E-state index contributed by atoms with van der Waals surface area (Å²) in [7, 11) is 0. The van der Waals surface area contributed by atoms with Crippen LogP contribution in [0.3, 0.4) is 0 Å². The molecule has 2 heterocycles. The number of H-pyrrole nitrogens is 1. The standard InChI is InChI=1S/C14H17Cl2N5/c15-11-3-2-10(8-12(11)16)9-13-18-14(20-19-13)21-6-1-4-17-5-7-21/h2-3,8,17H,1,4-7,9H2,(H,18,19,20). The number of hydrogen-bond donors (Lipinski definition) is 2. The fraction of sp³-hybridized carbons (Fsp3) is 0.429. The largest absolute Gasteiger partial charge is 0.338 e. The maximum absolute atomic E-state index is 6.03. The Kier molecular flexibility index (Phi) is 4.63. The van der Waals surface area contributed by atoms with Crippen molar-refractivity contribution in [2.24, 2.45) is 0 Å². The number of halogens is 2. The molecule has 0 spiro atoms. The van der Waals surface area contributed by atoms with Crippen molar-refractivity contribution in [2.45, 2.75) is 12.8 Å². The van der Waals surface area contributed by atoms with Gasteiger partial charge in [0.15, 0.2) is 0 Å². The summed E-state index contributed by atoms with van der Waals surface area (Å²) in [6.45, 7) is 3.94. The van der Waals surface area contributed by atoms with E-state index in [9.17, 15) is 0 Å². The topological polar surface area (TPSA) is 56.8 Å². The van der Waals surface area contributed by atoms with Gasteiger partial charge in [0.25, 0.3) is 0 Å². The van der Waals surface area contributed by atoms with E-state index in [1.54, 1.807) is 6.07 Å². The Hall–Kier alpha value is -1.30. The number of hydrogen-bond acceptors (Lipinski definition) is 4. The normalized spacial score (nSPS) is 16.0.